The van der Waals surface area contributed by atoms with Crippen LogP contribution >= 0.6 is 0 Å². The van der Waals surface area contributed by atoms with Crippen LogP contribution in [-0.4, -0.2) is 19.4 Å². The number of carbonyl (C=O) groups excluding carboxylic acids is 2. The lowest BCUT2D eigenvalue weighted by Gasteiger charge is -2.10. The molecular formula is C16H14O4. The van der Waals surface area contributed by atoms with Crippen LogP contribution in [0.3, 0.4) is 0 Å². The Balaban J connectivity index is 2.14. The van der Waals surface area contributed by atoms with E-state index in [1.54, 1.807) is 42.5 Å². The van der Waals surface area contributed by atoms with Gasteiger partial charge in [0.05, 0.1) is 12.7 Å². The van der Waals surface area contributed by atoms with E-state index in [0.717, 1.165) is 11.8 Å². The second-order valence-corrected chi connectivity index (χ2v) is 4.13. The average Bonchev–Trinajstić information content (AvgIpc) is 2.52. The first-order valence-electron chi connectivity index (χ1n) is 6.09. The van der Waals surface area contributed by atoms with Crippen LogP contribution in [0, 0.1) is 0 Å². The lowest BCUT2D eigenvalue weighted by atomic mass is 10.1. The van der Waals surface area contributed by atoms with Gasteiger partial charge >= 0.3 is 5.97 Å². The molecule has 2 aromatic rings. The van der Waals surface area contributed by atoms with Gasteiger partial charge in [0.2, 0.25) is 0 Å². The lowest BCUT2D eigenvalue weighted by Crippen LogP contribution is -2.07. The van der Waals surface area contributed by atoms with Gasteiger partial charge < -0.3 is 9.47 Å². The van der Waals surface area contributed by atoms with E-state index in [9.17, 15) is 9.59 Å². The van der Waals surface area contributed by atoms with Gasteiger partial charge in [-0.05, 0) is 18.2 Å². The number of carbonyl (C=O) groups is 2. The summed E-state index contributed by atoms with van der Waals surface area (Å²) in [5, 5.41) is 0. The number of hydrogen-bond donors (Lipinski definition) is 0. The molecule has 0 aliphatic carbocycles. The maximum atomic E-state index is 11.6. The average molecular weight is 270 g/mol. The maximum Gasteiger partial charge on any atom is 0.338 e. The summed E-state index contributed by atoms with van der Waals surface area (Å²) in [6, 6.07) is 13.9. The van der Waals surface area contributed by atoms with E-state index in [4.69, 9.17) is 9.47 Å². The highest BCUT2D eigenvalue weighted by molar-refractivity contribution is 5.90. The van der Waals surface area contributed by atoms with Crippen LogP contribution in [0.2, 0.25) is 0 Å². The summed E-state index contributed by atoms with van der Waals surface area (Å²) < 4.78 is 10.3. The number of benzene rings is 2. The Kier molecular flexibility index (Phi) is 4.50. The molecule has 0 unspecified atom stereocenters. The summed E-state index contributed by atoms with van der Waals surface area (Å²) in [4.78, 5) is 22.3. The Bertz CT molecular complexity index is 619. The molecular weight excluding hydrogens is 256 g/mol. The van der Waals surface area contributed by atoms with Crippen LogP contribution in [0.25, 0.3) is 0 Å². The Morgan fingerprint density at radius 3 is 2.70 bits per heavy atom. The third-order valence-corrected chi connectivity index (χ3v) is 2.81. The number of hydrogen-bond acceptors (Lipinski definition) is 4. The fourth-order valence-corrected chi connectivity index (χ4v) is 1.79. The molecule has 2 rings (SSSR count). The summed E-state index contributed by atoms with van der Waals surface area (Å²) >= 11 is 0. The predicted octanol–water partition coefficient (Wildman–Crippen LogP) is 2.86. The zero-order valence-electron chi connectivity index (χ0n) is 11.0. The van der Waals surface area contributed by atoms with Crippen LogP contribution in [-0.2, 0) is 11.3 Å². The number of rotatable bonds is 5. The van der Waals surface area contributed by atoms with Gasteiger partial charge in [-0.2, -0.15) is 0 Å². The predicted molar refractivity (Wildman–Crippen MR) is 73.9 cm³/mol. The molecule has 0 heterocycles. The van der Waals surface area contributed by atoms with E-state index in [1.165, 1.54) is 7.11 Å². The fourth-order valence-electron chi connectivity index (χ4n) is 1.79. The van der Waals surface area contributed by atoms with Gasteiger partial charge in [-0.1, -0.05) is 30.3 Å². The molecule has 0 aliphatic rings. The van der Waals surface area contributed by atoms with Crippen molar-refractivity contribution in [2.45, 2.75) is 6.61 Å². The number of methoxy groups -OCH3 is 1. The van der Waals surface area contributed by atoms with Crippen LogP contribution in [0.1, 0.15) is 26.3 Å². The van der Waals surface area contributed by atoms with Gasteiger partial charge in [-0.3, -0.25) is 4.79 Å². The lowest BCUT2D eigenvalue weighted by molar-refractivity contribution is 0.0597. The number of ether oxygens (including phenoxy) is 2. The monoisotopic (exact) mass is 270 g/mol. The highest BCUT2D eigenvalue weighted by atomic mass is 16.5. The van der Waals surface area contributed by atoms with Gasteiger partial charge in [0.1, 0.15) is 18.6 Å². The molecule has 0 amide bonds. The molecule has 0 bridgehead atoms. The van der Waals surface area contributed by atoms with Gasteiger partial charge in [-0.25, -0.2) is 4.79 Å². The summed E-state index contributed by atoms with van der Waals surface area (Å²) in [7, 11) is 1.34. The first-order valence-corrected chi connectivity index (χ1v) is 6.09. The van der Waals surface area contributed by atoms with Crippen molar-refractivity contribution in [2.24, 2.45) is 0 Å². The first-order chi connectivity index (χ1) is 9.74. The smallest absolute Gasteiger partial charge is 0.338 e. The zero-order chi connectivity index (χ0) is 14.4. The van der Waals surface area contributed by atoms with Gasteiger partial charge in [0.25, 0.3) is 0 Å². The van der Waals surface area contributed by atoms with E-state index >= 15 is 0 Å². The molecule has 0 radical (unpaired) electrons. The Hall–Kier alpha value is -2.62. The van der Waals surface area contributed by atoms with Crippen molar-refractivity contribution in [1.29, 1.82) is 0 Å². The van der Waals surface area contributed by atoms with Crippen molar-refractivity contribution in [2.75, 3.05) is 7.11 Å². The molecule has 4 heteroatoms. The second kappa shape index (κ2) is 6.52. The van der Waals surface area contributed by atoms with Gasteiger partial charge in [0, 0.05) is 11.1 Å². The standard InChI is InChI=1S/C16H14O4/c1-19-16(18)15-8-3-2-6-13(15)11-20-14-7-4-5-12(9-14)10-17/h2-10H,11H2,1H3. The van der Waals surface area contributed by atoms with Crippen LogP contribution in [0.5, 0.6) is 5.75 Å². The van der Waals surface area contributed by atoms with Crippen LogP contribution in [0.15, 0.2) is 48.5 Å². The quantitative estimate of drug-likeness (QED) is 0.619. The minimum absolute atomic E-state index is 0.230. The molecule has 4 nitrogen and oxygen atoms in total. The number of aldehydes is 1. The molecule has 20 heavy (non-hydrogen) atoms. The molecule has 0 fully saturated rings. The first kappa shape index (κ1) is 13.8. The molecule has 0 atom stereocenters. The topological polar surface area (TPSA) is 52.6 Å². The van der Waals surface area contributed by atoms with E-state index in [0.29, 0.717) is 16.9 Å². The van der Waals surface area contributed by atoms with Crippen molar-refractivity contribution in [3.8, 4) is 5.75 Å². The Labute approximate surface area is 116 Å². The highest BCUT2D eigenvalue weighted by Gasteiger charge is 2.11. The van der Waals surface area contributed by atoms with Gasteiger partial charge in [0.15, 0.2) is 0 Å². The molecule has 0 saturated heterocycles. The zero-order valence-corrected chi connectivity index (χ0v) is 11.0. The second-order valence-electron chi connectivity index (χ2n) is 4.13. The Morgan fingerprint density at radius 1 is 1.15 bits per heavy atom. The normalized spacial score (nSPS) is 9.85. The van der Waals surface area contributed by atoms with Crippen molar-refractivity contribution in [3.05, 3.63) is 65.2 Å². The molecule has 0 aromatic heterocycles. The van der Waals surface area contributed by atoms with E-state index in [-0.39, 0.29) is 6.61 Å². The fraction of sp³-hybridized carbons (Fsp3) is 0.125. The molecule has 0 spiro atoms. The summed E-state index contributed by atoms with van der Waals surface area (Å²) in [5.74, 6) is 0.181. The SMILES string of the molecule is COC(=O)c1ccccc1COc1cccc(C=O)c1. The van der Waals surface area contributed by atoms with E-state index in [2.05, 4.69) is 0 Å². The van der Waals surface area contributed by atoms with Crippen molar-refractivity contribution >= 4 is 12.3 Å². The summed E-state index contributed by atoms with van der Waals surface area (Å²) in [6.07, 6.45) is 0.759. The largest absolute Gasteiger partial charge is 0.489 e. The third-order valence-electron chi connectivity index (χ3n) is 2.81. The van der Waals surface area contributed by atoms with Crippen LogP contribution < -0.4 is 4.74 Å². The molecule has 0 saturated carbocycles. The summed E-state index contributed by atoms with van der Waals surface area (Å²) in [5.41, 5.74) is 1.75. The molecule has 2 aromatic carbocycles. The number of esters is 1. The molecule has 0 N–H and O–H groups in total. The third kappa shape index (κ3) is 3.23. The maximum absolute atomic E-state index is 11.6. The highest BCUT2D eigenvalue weighted by Crippen LogP contribution is 2.16. The molecule has 102 valence electrons. The van der Waals surface area contributed by atoms with Crippen LogP contribution in [0.4, 0.5) is 0 Å². The van der Waals surface area contributed by atoms with Crippen molar-refractivity contribution < 1.29 is 19.1 Å². The van der Waals surface area contributed by atoms with Gasteiger partial charge in [-0.15, -0.1) is 0 Å². The van der Waals surface area contributed by atoms with E-state index < -0.39 is 5.97 Å². The Morgan fingerprint density at radius 2 is 1.95 bits per heavy atom. The van der Waals surface area contributed by atoms with E-state index in [1.807, 2.05) is 6.07 Å². The summed E-state index contributed by atoms with van der Waals surface area (Å²) in [6.45, 7) is 0.230. The molecule has 0 aliphatic heterocycles. The minimum Gasteiger partial charge on any atom is -0.489 e. The minimum atomic E-state index is -0.397. The van der Waals surface area contributed by atoms with Crippen molar-refractivity contribution in [3.63, 3.8) is 0 Å². The van der Waals surface area contributed by atoms with Crippen molar-refractivity contribution in [1.82, 2.24) is 0 Å².